The molecule has 0 saturated heterocycles. The van der Waals surface area contributed by atoms with Gasteiger partial charge < -0.3 is 10.7 Å². The van der Waals surface area contributed by atoms with E-state index in [-0.39, 0.29) is 6.04 Å². The Balaban J connectivity index is 1.55. The number of pyridine rings is 1. The summed E-state index contributed by atoms with van der Waals surface area (Å²) in [6.07, 6.45) is 8.88. The molecular formula is C18H20N6. The summed E-state index contributed by atoms with van der Waals surface area (Å²) in [6, 6.07) is 5.96. The fourth-order valence-electron chi connectivity index (χ4n) is 3.26. The van der Waals surface area contributed by atoms with Crippen molar-refractivity contribution in [2.45, 2.75) is 19.4 Å². The van der Waals surface area contributed by atoms with Crippen molar-refractivity contribution in [1.29, 1.82) is 0 Å². The first-order valence-corrected chi connectivity index (χ1v) is 8.16. The minimum atomic E-state index is 0.149. The van der Waals surface area contributed by atoms with Crippen LogP contribution in [0.5, 0.6) is 0 Å². The molecule has 4 heterocycles. The van der Waals surface area contributed by atoms with Gasteiger partial charge in [0.1, 0.15) is 17.3 Å². The first-order valence-electron chi connectivity index (χ1n) is 8.16. The lowest BCUT2D eigenvalue weighted by Crippen LogP contribution is -2.32. The molecule has 3 aromatic rings. The first-order chi connectivity index (χ1) is 11.7. The summed E-state index contributed by atoms with van der Waals surface area (Å²) in [4.78, 5) is 18.7. The summed E-state index contributed by atoms with van der Waals surface area (Å²) in [5, 5.41) is 1.18. The summed E-state index contributed by atoms with van der Waals surface area (Å²) in [5.74, 6) is 1.30. The second-order valence-corrected chi connectivity index (χ2v) is 6.09. The maximum atomic E-state index is 5.77. The van der Waals surface area contributed by atoms with Gasteiger partial charge in [-0.1, -0.05) is 6.08 Å². The minimum absolute atomic E-state index is 0.149. The highest BCUT2D eigenvalue weighted by atomic mass is 15.2. The third-order valence-electron chi connectivity index (χ3n) is 4.65. The quantitative estimate of drug-likeness (QED) is 0.775. The SMILES string of the molecule is C[C@H](c1nccc(N)n1)N1CC=C(c2c[nH]c3ncccc23)CC1. The monoisotopic (exact) mass is 320 g/mol. The summed E-state index contributed by atoms with van der Waals surface area (Å²) < 4.78 is 0. The van der Waals surface area contributed by atoms with E-state index in [2.05, 4.69) is 50.1 Å². The molecule has 0 saturated carbocycles. The van der Waals surface area contributed by atoms with E-state index in [1.807, 2.05) is 12.3 Å². The number of aromatic nitrogens is 4. The standard InChI is InChI=1S/C18H20N6/c1-12(17-21-8-4-16(19)23-17)24-9-5-13(6-10-24)15-11-22-18-14(15)3-2-7-20-18/h2-5,7-8,11-12H,6,9-10H2,1H3,(H,20,22)(H2,19,21,23)/t12-/m1/s1. The molecule has 0 spiro atoms. The van der Waals surface area contributed by atoms with Crippen molar-refractivity contribution in [3.8, 4) is 0 Å². The molecule has 6 nitrogen and oxygen atoms in total. The van der Waals surface area contributed by atoms with Crippen LogP contribution in [0.1, 0.15) is 30.8 Å². The van der Waals surface area contributed by atoms with Crippen LogP contribution in [0.4, 0.5) is 5.82 Å². The number of hydrogen-bond donors (Lipinski definition) is 2. The Morgan fingerprint density at radius 2 is 2.17 bits per heavy atom. The average Bonchev–Trinajstić information content (AvgIpc) is 3.05. The Labute approximate surface area is 140 Å². The van der Waals surface area contributed by atoms with Gasteiger partial charge in [-0.25, -0.2) is 15.0 Å². The maximum absolute atomic E-state index is 5.77. The van der Waals surface area contributed by atoms with Gasteiger partial charge in [0.05, 0.1) is 6.04 Å². The van der Waals surface area contributed by atoms with E-state index in [9.17, 15) is 0 Å². The van der Waals surface area contributed by atoms with E-state index < -0.39 is 0 Å². The van der Waals surface area contributed by atoms with Crippen molar-refractivity contribution in [1.82, 2.24) is 24.8 Å². The number of aromatic amines is 1. The normalized spacial score (nSPS) is 17.0. The summed E-state index contributed by atoms with van der Waals surface area (Å²) in [6.45, 7) is 3.98. The number of H-pyrrole nitrogens is 1. The van der Waals surface area contributed by atoms with Crippen molar-refractivity contribution < 1.29 is 0 Å². The van der Waals surface area contributed by atoms with Gasteiger partial charge in [-0.3, -0.25) is 4.90 Å². The van der Waals surface area contributed by atoms with E-state index in [4.69, 9.17) is 5.73 Å². The highest BCUT2D eigenvalue weighted by molar-refractivity contribution is 5.90. The van der Waals surface area contributed by atoms with Crippen molar-refractivity contribution in [2.24, 2.45) is 0 Å². The average molecular weight is 320 g/mol. The molecule has 3 N–H and O–H groups in total. The number of nitrogens with two attached hydrogens (primary N) is 1. The molecule has 0 aliphatic carbocycles. The van der Waals surface area contributed by atoms with Gasteiger partial charge in [0.15, 0.2) is 0 Å². The molecule has 0 radical (unpaired) electrons. The van der Waals surface area contributed by atoms with E-state index in [1.165, 1.54) is 16.5 Å². The molecule has 1 aliphatic rings. The molecule has 4 rings (SSSR count). The van der Waals surface area contributed by atoms with E-state index >= 15 is 0 Å². The second-order valence-electron chi connectivity index (χ2n) is 6.09. The number of nitrogens with one attached hydrogen (secondary N) is 1. The van der Waals surface area contributed by atoms with Gasteiger partial charge in [-0.05, 0) is 37.1 Å². The number of hydrogen-bond acceptors (Lipinski definition) is 5. The van der Waals surface area contributed by atoms with Crippen molar-refractivity contribution in [3.63, 3.8) is 0 Å². The van der Waals surface area contributed by atoms with Crippen LogP contribution in [-0.4, -0.2) is 37.9 Å². The van der Waals surface area contributed by atoms with Gasteiger partial charge >= 0.3 is 0 Å². The molecule has 122 valence electrons. The highest BCUT2D eigenvalue weighted by Crippen LogP contribution is 2.30. The first kappa shape index (κ1) is 14.8. The molecule has 24 heavy (non-hydrogen) atoms. The van der Waals surface area contributed by atoms with Crippen LogP contribution in [0.15, 0.2) is 42.9 Å². The summed E-state index contributed by atoms with van der Waals surface area (Å²) in [7, 11) is 0. The molecule has 1 aliphatic heterocycles. The predicted octanol–water partition coefficient (Wildman–Crippen LogP) is 2.79. The Bertz CT molecular complexity index is 897. The molecule has 0 aromatic carbocycles. The lowest BCUT2D eigenvalue weighted by Gasteiger charge is -2.30. The van der Waals surface area contributed by atoms with Gasteiger partial charge in [0, 0.05) is 42.6 Å². The van der Waals surface area contributed by atoms with Gasteiger partial charge in [0.25, 0.3) is 0 Å². The van der Waals surface area contributed by atoms with Crippen molar-refractivity contribution in [2.75, 3.05) is 18.8 Å². The van der Waals surface area contributed by atoms with E-state index in [0.29, 0.717) is 5.82 Å². The Morgan fingerprint density at radius 1 is 1.25 bits per heavy atom. The number of nitrogen functional groups attached to an aromatic ring is 1. The minimum Gasteiger partial charge on any atom is -0.384 e. The van der Waals surface area contributed by atoms with E-state index in [1.54, 1.807) is 12.3 Å². The van der Waals surface area contributed by atoms with Crippen molar-refractivity contribution >= 4 is 22.4 Å². The van der Waals surface area contributed by atoms with Crippen LogP contribution in [-0.2, 0) is 0 Å². The van der Waals surface area contributed by atoms with Crippen LogP contribution in [0.25, 0.3) is 16.6 Å². The zero-order valence-electron chi connectivity index (χ0n) is 13.6. The number of nitrogens with zero attached hydrogens (tertiary/aromatic N) is 4. The number of anilines is 1. The van der Waals surface area contributed by atoms with Crippen LogP contribution >= 0.6 is 0 Å². The molecule has 0 fully saturated rings. The van der Waals surface area contributed by atoms with Gasteiger partial charge in [-0.2, -0.15) is 0 Å². The largest absolute Gasteiger partial charge is 0.384 e. The van der Waals surface area contributed by atoms with Crippen LogP contribution < -0.4 is 5.73 Å². The summed E-state index contributed by atoms with van der Waals surface area (Å²) in [5.41, 5.74) is 9.34. The molecule has 1 atom stereocenters. The Hall–Kier alpha value is -2.73. The highest BCUT2D eigenvalue weighted by Gasteiger charge is 2.22. The molecular weight excluding hydrogens is 300 g/mol. The van der Waals surface area contributed by atoms with Crippen molar-refractivity contribution in [3.05, 3.63) is 54.3 Å². The third kappa shape index (κ3) is 2.65. The Morgan fingerprint density at radius 3 is 2.96 bits per heavy atom. The van der Waals surface area contributed by atoms with E-state index in [0.717, 1.165) is 31.0 Å². The second kappa shape index (κ2) is 6.05. The fourth-order valence-corrected chi connectivity index (χ4v) is 3.26. The lowest BCUT2D eigenvalue weighted by molar-refractivity contribution is 0.225. The third-order valence-corrected chi connectivity index (χ3v) is 4.65. The van der Waals surface area contributed by atoms with Crippen LogP contribution in [0, 0.1) is 0 Å². The predicted molar refractivity (Wildman–Crippen MR) is 95.1 cm³/mol. The molecule has 3 aromatic heterocycles. The maximum Gasteiger partial charge on any atom is 0.147 e. The summed E-state index contributed by atoms with van der Waals surface area (Å²) >= 11 is 0. The zero-order chi connectivity index (χ0) is 16.5. The lowest BCUT2D eigenvalue weighted by atomic mass is 9.99. The molecule has 0 amide bonds. The van der Waals surface area contributed by atoms with Crippen LogP contribution in [0.3, 0.4) is 0 Å². The molecule has 0 bridgehead atoms. The van der Waals surface area contributed by atoms with Gasteiger partial charge in [0.2, 0.25) is 0 Å². The topological polar surface area (TPSA) is 83.7 Å². The fraction of sp³-hybridized carbons (Fsp3) is 0.278. The number of fused-ring (bicyclic) bond motifs is 1. The smallest absolute Gasteiger partial charge is 0.147 e. The Kier molecular flexibility index (Phi) is 3.74. The molecule has 0 unspecified atom stereocenters. The van der Waals surface area contributed by atoms with Crippen LogP contribution in [0.2, 0.25) is 0 Å². The van der Waals surface area contributed by atoms with Gasteiger partial charge in [-0.15, -0.1) is 0 Å². The zero-order valence-corrected chi connectivity index (χ0v) is 13.6. The number of rotatable bonds is 3. The molecule has 6 heteroatoms.